The molecule has 0 saturated carbocycles. The molecule has 0 fully saturated rings. The van der Waals surface area contributed by atoms with Crippen LogP contribution in [0.2, 0.25) is 0 Å². The quantitative estimate of drug-likeness (QED) is 0.703. The third-order valence-corrected chi connectivity index (χ3v) is 2.43. The highest BCUT2D eigenvalue weighted by Gasteiger charge is 1.93. The average Bonchev–Trinajstić information content (AvgIpc) is 2.11. The van der Waals surface area contributed by atoms with Gasteiger partial charge in [0.05, 0.1) is 10.1 Å². The summed E-state index contributed by atoms with van der Waals surface area (Å²) in [6, 6.07) is 0. The molecule has 1 nitrogen and oxygen atoms in total. The lowest BCUT2D eigenvalue weighted by molar-refractivity contribution is 1.16. The highest BCUT2D eigenvalue weighted by Crippen LogP contribution is 2.13. The Bertz CT molecular complexity index is 219. The van der Waals surface area contributed by atoms with Crippen molar-refractivity contribution in [3.63, 3.8) is 0 Å². The molecule has 0 aromatic carbocycles. The molecule has 0 bridgehead atoms. The Labute approximate surface area is 83.6 Å². The summed E-state index contributed by atoms with van der Waals surface area (Å²) >= 11 is 7.47. The predicted molar refractivity (Wildman–Crippen MR) is 59.2 cm³/mol. The second-order valence-corrected chi connectivity index (χ2v) is 3.54. The maximum absolute atomic E-state index is 5.91. The van der Waals surface area contributed by atoms with Crippen molar-refractivity contribution in [2.45, 2.75) is 13.8 Å². The second-order valence-electron chi connectivity index (χ2n) is 2.24. The van der Waals surface area contributed by atoms with E-state index in [-0.39, 0.29) is 0 Å². The van der Waals surface area contributed by atoms with Gasteiger partial charge in [0.25, 0.3) is 0 Å². The van der Waals surface area contributed by atoms with Crippen molar-refractivity contribution in [2.24, 2.45) is 0 Å². The second kappa shape index (κ2) is 6.21. The van der Waals surface area contributed by atoms with Crippen LogP contribution in [-0.2, 0) is 0 Å². The maximum Gasteiger partial charge on any atom is 0.0645 e. The van der Waals surface area contributed by atoms with E-state index in [4.69, 9.17) is 11.6 Å². The third-order valence-electron chi connectivity index (χ3n) is 1.42. The fraction of sp³-hybridized carbons (Fsp3) is 0.333. The SMILES string of the molecule is C=C(NC=C(Cl)/C(C)=C\C)SC. The molecule has 0 aliphatic rings. The summed E-state index contributed by atoms with van der Waals surface area (Å²) in [6.45, 7) is 7.67. The van der Waals surface area contributed by atoms with Gasteiger partial charge in [0.1, 0.15) is 0 Å². The fourth-order valence-corrected chi connectivity index (χ4v) is 0.795. The predicted octanol–water partition coefficient (Wildman–Crippen LogP) is 3.46. The van der Waals surface area contributed by atoms with Gasteiger partial charge in [-0.3, -0.25) is 0 Å². The Balaban J connectivity index is 4.10. The molecule has 12 heavy (non-hydrogen) atoms. The topological polar surface area (TPSA) is 12.0 Å². The first kappa shape index (κ1) is 11.7. The molecule has 0 atom stereocenters. The average molecular weight is 204 g/mol. The molecule has 0 aliphatic carbocycles. The zero-order valence-corrected chi connectivity index (χ0v) is 9.22. The molecule has 0 spiro atoms. The molecule has 0 aromatic rings. The summed E-state index contributed by atoms with van der Waals surface area (Å²) in [5.41, 5.74) is 1.05. The van der Waals surface area contributed by atoms with E-state index in [2.05, 4.69) is 11.9 Å². The van der Waals surface area contributed by atoms with Gasteiger partial charge in [0.15, 0.2) is 0 Å². The van der Waals surface area contributed by atoms with Crippen LogP contribution < -0.4 is 5.32 Å². The van der Waals surface area contributed by atoms with E-state index >= 15 is 0 Å². The Morgan fingerprint density at radius 1 is 1.58 bits per heavy atom. The highest BCUT2D eigenvalue weighted by atomic mass is 35.5. The molecule has 0 saturated heterocycles. The van der Waals surface area contributed by atoms with Crippen LogP contribution in [0.4, 0.5) is 0 Å². The van der Waals surface area contributed by atoms with Crippen LogP contribution in [-0.4, -0.2) is 6.26 Å². The summed E-state index contributed by atoms with van der Waals surface area (Å²) < 4.78 is 0. The van der Waals surface area contributed by atoms with Gasteiger partial charge in [0.2, 0.25) is 0 Å². The van der Waals surface area contributed by atoms with Crippen LogP contribution in [0.5, 0.6) is 0 Å². The lowest BCUT2D eigenvalue weighted by Crippen LogP contribution is -2.00. The molecule has 0 aromatic heterocycles. The van der Waals surface area contributed by atoms with Crippen LogP contribution in [0.15, 0.2) is 34.5 Å². The number of rotatable bonds is 4. The van der Waals surface area contributed by atoms with Crippen LogP contribution in [0.25, 0.3) is 0 Å². The molecule has 0 rings (SSSR count). The van der Waals surface area contributed by atoms with Crippen molar-refractivity contribution in [3.8, 4) is 0 Å². The first-order valence-electron chi connectivity index (χ1n) is 3.60. The van der Waals surface area contributed by atoms with E-state index in [0.717, 1.165) is 10.6 Å². The maximum atomic E-state index is 5.91. The molecule has 68 valence electrons. The highest BCUT2D eigenvalue weighted by molar-refractivity contribution is 8.02. The van der Waals surface area contributed by atoms with Crippen molar-refractivity contribution < 1.29 is 0 Å². The minimum atomic E-state index is 0.715. The standard InChI is InChI=1S/C9H14ClNS/c1-5-7(2)9(10)6-11-8(3)12-4/h5-6,11H,3H2,1-2,4H3/b7-5-,9-6?. The minimum Gasteiger partial charge on any atom is -0.356 e. The van der Waals surface area contributed by atoms with Crippen LogP contribution in [0, 0.1) is 0 Å². The van der Waals surface area contributed by atoms with Gasteiger partial charge in [-0.05, 0) is 25.7 Å². The summed E-state index contributed by atoms with van der Waals surface area (Å²) in [7, 11) is 0. The zero-order chi connectivity index (χ0) is 9.56. The van der Waals surface area contributed by atoms with E-state index in [1.54, 1.807) is 18.0 Å². The molecular formula is C9H14ClNS. The van der Waals surface area contributed by atoms with Gasteiger partial charge < -0.3 is 5.32 Å². The first-order chi connectivity index (χ1) is 5.61. The summed E-state index contributed by atoms with van der Waals surface area (Å²) in [6.07, 6.45) is 5.66. The fourth-order valence-electron chi connectivity index (χ4n) is 0.455. The molecule has 3 heteroatoms. The normalized spacial score (nSPS) is 13.0. The number of halogens is 1. The third kappa shape index (κ3) is 4.52. The molecular weight excluding hydrogens is 190 g/mol. The number of hydrogen-bond acceptors (Lipinski definition) is 2. The molecule has 0 radical (unpaired) electrons. The lowest BCUT2D eigenvalue weighted by Gasteiger charge is -2.02. The number of thioether (sulfide) groups is 1. The molecule has 1 N–H and O–H groups in total. The van der Waals surface area contributed by atoms with E-state index < -0.39 is 0 Å². The van der Waals surface area contributed by atoms with Gasteiger partial charge in [-0.1, -0.05) is 24.3 Å². The van der Waals surface area contributed by atoms with Crippen molar-refractivity contribution in [1.29, 1.82) is 0 Å². The van der Waals surface area contributed by atoms with E-state index in [1.165, 1.54) is 0 Å². The van der Waals surface area contributed by atoms with Crippen molar-refractivity contribution in [1.82, 2.24) is 5.32 Å². The molecule has 0 unspecified atom stereocenters. The van der Waals surface area contributed by atoms with Gasteiger partial charge >= 0.3 is 0 Å². The number of hydrogen-bond donors (Lipinski definition) is 1. The monoisotopic (exact) mass is 203 g/mol. The first-order valence-corrected chi connectivity index (χ1v) is 5.20. The van der Waals surface area contributed by atoms with Gasteiger partial charge in [0, 0.05) is 6.20 Å². The number of nitrogens with one attached hydrogen (secondary N) is 1. The van der Waals surface area contributed by atoms with Crippen LogP contribution in [0.3, 0.4) is 0 Å². The van der Waals surface area contributed by atoms with Crippen molar-refractivity contribution in [3.05, 3.63) is 34.5 Å². The molecule has 0 heterocycles. The van der Waals surface area contributed by atoms with E-state index in [1.807, 2.05) is 26.2 Å². The van der Waals surface area contributed by atoms with Crippen LogP contribution in [0.1, 0.15) is 13.8 Å². The van der Waals surface area contributed by atoms with Gasteiger partial charge in [-0.15, -0.1) is 11.8 Å². The van der Waals surface area contributed by atoms with E-state index in [9.17, 15) is 0 Å². The summed E-state index contributed by atoms with van der Waals surface area (Å²) in [4.78, 5) is 0. The van der Waals surface area contributed by atoms with Crippen LogP contribution >= 0.6 is 23.4 Å². The summed E-state index contributed by atoms with van der Waals surface area (Å²) in [5.74, 6) is 0. The largest absolute Gasteiger partial charge is 0.356 e. The number of allylic oxidation sites excluding steroid dienone is 3. The smallest absolute Gasteiger partial charge is 0.0645 e. The van der Waals surface area contributed by atoms with Crippen molar-refractivity contribution >= 4 is 23.4 Å². The molecule has 0 aliphatic heterocycles. The molecule has 0 amide bonds. The lowest BCUT2D eigenvalue weighted by atomic mass is 10.3. The summed E-state index contributed by atoms with van der Waals surface area (Å²) in [5, 5.41) is 4.58. The van der Waals surface area contributed by atoms with Gasteiger partial charge in [-0.2, -0.15) is 0 Å². The van der Waals surface area contributed by atoms with Gasteiger partial charge in [-0.25, -0.2) is 0 Å². The van der Waals surface area contributed by atoms with Crippen molar-refractivity contribution in [2.75, 3.05) is 6.26 Å². The Kier molecular flexibility index (Phi) is 6.03. The Morgan fingerprint density at radius 2 is 2.17 bits per heavy atom. The van der Waals surface area contributed by atoms with E-state index in [0.29, 0.717) is 5.03 Å². The zero-order valence-electron chi connectivity index (χ0n) is 7.65. The minimum absolute atomic E-state index is 0.715. The Hall–Kier alpha value is -0.340. The Morgan fingerprint density at radius 3 is 2.58 bits per heavy atom.